The average molecular weight is 265 g/mol. The summed E-state index contributed by atoms with van der Waals surface area (Å²) in [5, 5.41) is 10.1. The molecular formula is C14H13F2NO2. The summed E-state index contributed by atoms with van der Waals surface area (Å²) in [6.45, 7) is 0. The molecule has 0 saturated carbocycles. The van der Waals surface area contributed by atoms with Crippen LogP contribution in [0.1, 0.15) is 17.2 Å². The van der Waals surface area contributed by atoms with E-state index in [1.54, 1.807) is 12.1 Å². The summed E-state index contributed by atoms with van der Waals surface area (Å²) >= 11 is 0. The first-order chi connectivity index (χ1) is 9.06. The Morgan fingerprint density at radius 1 is 1.11 bits per heavy atom. The van der Waals surface area contributed by atoms with Gasteiger partial charge in [-0.25, -0.2) is 8.78 Å². The van der Waals surface area contributed by atoms with Crippen molar-refractivity contribution < 1.29 is 18.6 Å². The van der Waals surface area contributed by atoms with Crippen LogP contribution in [-0.2, 0) is 0 Å². The maximum atomic E-state index is 13.6. The SMILES string of the molecule is COc1cccc([C@H](O)c2c(F)cccc2F)c1N. The number of nitrogen functional groups attached to an aromatic ring is 1. The highest BCUT2D eigenvalue weighted by atomic mass is 19.1. The van der Waals surface area contributed by atoms with Crippen molar-refractivity contribution in [3.63, 3.8) is 0 Å². The largest absolute Gasteiger partial charge is 0.495 e. The van der Waals surface area contributed by atoms with Crippen LogP contribution in [-0.4, -0.2) is 12.2 Å². The minimum atomic E-state index is -1.49. The number of ether oxygens (including phenoxy) is 1. The molecule has 0 saturated heterocycles. The molecule has 100 valence electrons. The van der Waals surface area contributed by atoms with Gasteiger partial charge in [0.2, 0.25) is 0 Å². The van der Waals surface area contributed by atoms with E-state index in [1.807, 2.05) is 0 Å². The van der Waals surface area contributed by atoms with E-state index in [2.05, 4.69) is 0 Å². The van der Waals surface area contributed by atoms with Crippen LogP contribution in [0.15, 0.2) is 36.4 Å². The van der Waals surface area contributed by atoms with Crippen LogP contribution in [0.3, 0.4) is 0 Å². The van der Waals surface area contributed by atoms with Gasteiger partial charge in [-0.3, -0.25) is 0 Å². The van der Waals surface area contributed by atoms with Crippen LogP contribution < -0.4 is 10.5 Å². The van der Waals surface area contributed by atoms with Crippen molar-refractivity contribution in [2.24, 2.45) is 0 Å². The smallest absolute Gasteiger partial charge is 0.142 e. The fourth-order valence-electron chi connectivity index (χ4n) is 1.90. The van der Waals surface area contributed by atoms with Crippen molar-refractivity contribution in [1.29, 1.82) is 0 Å². The van der Waals surface area contributed by atoms with Crippen molar-refractivity contribution in [3.8, 4) is 5.75 Å². The highest BCUT2D eigenvalue weighted by Crippen LogP contribution is 2.34. The summed E-state index contributed by atoms with van der Waals surface area (Å²) in [5.74, 6) is -1.31. The van der Waals surface area contributed by atoms with E-state index in [9.17, 15) is 13.9 Å². The lowest BCUT2D eigenvalue weighted by atomic mass is 9.98. The van der Waals surface area contributed by atoms with Gasteiger partial charge in [0, 0.05) is 5.56 Å². The molecule has 1 atom stereocenters. The zero-order valence-corrected chi connectivity index (χ0v) is 10.2. The third-order valence-electron chi connectivity index (χ3n) is 2.89. The molecule has 0 aliphatic carbocycles. The van der Waals surface area contributed by atoms with Gasteiger partial charge in [-0.2, -0.15) is 0 Å². The number of para-hydroxylation sites is 1. The van der Waals surface area contributed by atoms with Crippen LogP contribution in [0.25, 0.3) is 0 Å². The lowest BCUT2D eigenvalue weighted by molar-refractivity contribution is 0.209. The maximum absolute atomic E-state index is 13.6. The molecule has 0 bridgehead atoms. The highest BCUT2D eigenvalue weighted by molar-refractivity contribution is 5.60. The monoisotopic (exact) mass is 265 g/mol. The summed E-state index contributed by atoms with van der Waals surface area (Å²) in [4.78, 5) is 0. The van der Waals surface area contributed by atoms with Crippen molar-refractivity contribution in [3.05, 3.63) is 59.2 Å². The lowest BCUT2D eigenvalue weighted by Gasteiger charge is -2.17. The molecule has 0 aliphatic rings. The van der Waals surface area contributed by atoms with Gasteiger partial charge in [-0.1, -0.05) is 18.2 Å². The van der Waals surface area contributed by atoms with E-state index in [4.69, 9.17) is 10.5 Å². The Balaban J connectivity index is 2.53. The molecule has 0 fully saturated rings. The van der Waals surface area contributed by atoms with Gasteiger partial charge in [0.25, 0.3) is 0 Å². The summed E-state index contributed by atoms with van der Waals surface area (Å²) in [6, 6.07) is 8.08. The standard InChI is InChI=1S/C14H13F2NO2/c1-19-11-7-2-4-8(13(11)17)14(18)12-9(15)5-3-6-10(12)16/h2-7,14,18H,17H2,1H3/t14-/m0/s1. The Hall–Kier alpha value is -2.14. The van der Waals surface area contributed by atoms with Crippen molar-refractivity contribution in [2.75, 3.05) is 12.8 Å². The Morgan fingerprint density at radius 3 is 2.26 bits per heavy atom. The molecule has 0 aromatic heterocycles. The first-order valence-electron chi connectivity index (χ1n) is 5.60. The summed E-state index contributed by atoms with van der Waals surface area (Å²) < 4.78 is 32.3. The number of anilines is 1. The van der Waals surface area contributed by atoms with Crippen LogP contribution in [0.4, 0.5) is 14.5 Å². The molecule has 2 rings (SSSR count). The quantitative estimate of drug-likeness (QED) is 0.839. The summed E-state index contributed by atoms with van der Waals surface area (Å²) in [7, 11) is 1.42. The zero-order chi connectivity index (χ0) is 14.0. The molecule has 5 heteroatoms. The third-order valence-corrected chi connectivity index (χ3v) is 2.89. The number of benzene rings is 2. The number of nitrogens with two attached hydrogens (primary N) is 1. The van der Waals surface area contributed by atoms with E-state index in [-0.39, 0.29) is 11.3 Å². The topological polar surface area (TPSA) is 55.5 Å². The zero-order valence-electron chi connectivity index (χ0n) is 10.2. The molecule has 2 aromatic carbocycles. The number of hydrogen-bond donors (Lipinski definition) is 2. The number of hydrogen-bond acceptors (Lipinski definition) is 3. The van der Waals surface area contributed by atoms with E-state index in [0.717, 1.165) is 12.1 Å². The van der Waals surface area contributed by atoms with E-state index >= 15 is 0 Å². The third kappa shape index (κ3) is 2.37. The lowest BCUT2D eigenvalue weighted by Crippen LogP contribution is -2.09. The number of aliphatic hydroxyl groups is 1. The van der Waals surface area contributed by atoms with Gasteiger partial charge >= 0.3 is 0 Å². The maximum Gasteiger partial charge on any atom is 0.142 e. The summed E-state index contributed by atoms with van der Waals surface area (Å²) in [6.07, 6.45) is -1.49. The van der Waals surface area contributed by atoms with Crippen molar-refractivity contribution in [2.45, 2.75) is 6.10 Å². The summed E-state index contributed by atoms with van der Waals surface area (Å²) in [5.41, 5.74) is 5.72. The van der Waals surface area contributed by atoms with Crippen molar-refractivity contribution >= 4 is 5.69 Å². The average Bonchev–Trinajstić information content (AvgIpc) is 2.38. The molecule has 0 spiro atoms. The second-order valence-electron chi connectivity index (χ2n) is 4.00. The molecule has 3 N–H and O–H groups in total. The van der Waals surface area contributed by atoms with Gasteiger partial charge in [-0.05, 0) is 18.2 Å². The first-order valence-corrected chi connectivity index (χ1v) is 5.60. The van der Waals surface area contributed by atoms with Gasteiger partial charge in [0.15, 0.2) is 0 Å². The molecule has 0 heterocycles. The molecule has 3 nitrogen and oxygen atoms in total. The minimum Gasteiger partial charge on any atom is -0.495 e. The number of methoxy groups -OCH3 is 1. The van der Waals surface area contributed by atoms with Gasteiger partial charge in [0.1, 0.15) is 23.5 Å². The molecule has 0 unspecified atom stereocenters. The second kappa shape index (κ2) is 5.24. The number of rotatable bonds is 3. The normalized spacial score (nSPS) is 12.2. The molecule has 2 aromatic rings. The van der Waals surface area contributed by atoms with Gasteiger partial charge in [-0.15, -0.1) is 0 Å². The molecule has 0 amide bonds. The Morgan fingerprint density at radius 2 is 1.68 bits per heavy atom. The van der Waals surface area contributed by atoms with Gasteiger partial charge < -0.3 is 15.6 Å². The molecule has 0 aliphatic heterocycles. The van der Waals surface area contributed by atoms with Crippen LogP contribution >= 0.6 is 0 Å². The van der Waals surface area contributed by atoms with Crippen LogP contribution in [0.5, 0.6) is 5.75 Å². The van der Waals surface area contributed by atoms with Crippen LogP contribution in [0, 0.1) is 11.6 Å². The predicted octanol–water partition coefficient (Wildman–Crippen LogP) is 2.64. The fraction of sp³-hybridized carbons (Fsp3) is 0.143. The fourth-order valence-corrected chi connectivity index (χ4v) is 1.90. The Bertz CT molecular complexity index is 582. The number of halogens is 2. The van der Waals surface area contributed by atoms with E-state index in [1.165, 1.54) is 19.2 Å². The van der Waals surface area contributed by atoms with Crippen molar-refractivity contribution in [1.82, 2.24) is 0 Å². The Labute approximate surface area is 109 Å². The molecule has 19 heavy (non-hydrogen) atoms. The number of aliphatic hydroxyl groups excluding tert-OH is 1. The van der Waals surface area contributed by atoms with Crippen LogP contribution in [0.2, 0.25) is 0 Å². The highest BCUT2D eigenvalue weighted by Gasteiger charge is 2.22. The van der Waals surface area contributed by atoms with E-state index in [0.29, 0.717) is 5.75 Å². The molecule has 0 radical (unpaired) electrons. The van der Waals surface area contributed by atoms with Gasteiger partial charge in [0.05, 0.1) is 18.4 Å². The minimum absolute atomic E-state index is 0.153. The Kier molecular flexibility index (Phi) is 3.66. The van der Waals surface area contributed by atoms with E-state index < -0.39 is 23.3 Å². The molecular weight excluding hydrogens is 252 g/mol. The second-order valence-corrected chi connectivity index (χ2v) is 4.00. The first kappa shape index (κ1) is 13.3. The predicted molar refractivity (Wildman–Crippen MR) is 67.8 cm³/mol.